The van der Waals surface area contributed by atoms with Gasteiger partial charge in [-0.2, -0.15) is 0 Å². The predicted octanol–water partition coefficient (Wildman–Crippen LogP) is 2.15. The molecule has 0 atom stereocenters. The summed E-state index contributed by atoms with van der Waals surface area (Å²) in [5, 5.41) is 8.62. The second-order valence-corrected chi connectivity index (χ2v) is 5.76. The number of nitrogens with zero attached hydrogens (tertiary/aromatic N) is 1. The molecule has 0 bridgehead atoms. The van der Waals surface area contributed by atoms with Crippen molar-refractivity contribution in [1.82, 2.24) is 4.90 Å². The molecule has 0 aromatic heterocycles. The first-order valence-corrected chi connectivity index (χ1v) is 6.29. The highest BCUT2D eigenvalue weighted by Crippen LogP contribution is 2.16. The Hall–Kier alpha value is -1.79. The lowest BCUT2D eigenvalue weighted by Crippen LogP contribution is -2.34. The Bertz CT molecular complexity index is 486. The zero-order valence-corrected chi connectivity index (χ0v) is 12.0. The van der Waals surface area contributed by atoms with Crippen molar-refractivity contribution >= 4 is 5.91 Å². The lowest BCUT2D eigenvalue weighted by Gasteiger charge is -2.26. The molecule has 3 nitrogen and oxygen atoms in total. The van der Waals surface area contributed by atoms with Crippen molar-refractivity contribution in [2.24, 2.45) is 5.41 Å². The van der Waals surface area contributed by atoms with Gasteiger partial charge in [0.1, 0.15) is 6.61 Å². The molecule has 0 heterocycles. The third kappa shape index (κ3) is 5.15. The van der Waals surface area contributed by atoms with E-state index < -0.39 is 0 Å². The Morgan fingerprint density at radius 1 is 1.26 bits per heavy atom. The number of carbonyl (C=O) groups is 1. The van der Waals surface area contributed by atoms with Crippen molar-refractivity contribution < 1.29 is 9.90 Å². The van der Waals surface area contributed by atoms with E-state index in [1.54, 1.807) is 29.2 Å². The highest BCUT2D eigenvalue weighted by atomic mass is 16.2. The number of hydrogen-bond donors (Lipinski definition) is 1. The van der Waals surface area contributed by atoms with E-state index in [1.165, 1.54) is 0 Å². The molecular formula is C16H21NO2. The van der Waals surface area contributed by atoms with E-state index >= 15 is 0 Å². The Morgan fingerprint density at radius 2 is 1.84 bits per heavy atom. The van der Waals surface area contributed by atoms with Gasteiger partial charge in [0, 0.05) is 24.7 Å². The number of hydrogen-bond acceptors (Lipinski definition) is 2. The monoisotopic (exact) mass is 259 g/mol. The van der Waals surface area contributed by atoms with Gasteiger partial charge in [-0.3, -0.25) is 4.79 Å². The van der Waals surface area contributed by atoms with Crippen LogP contribution in [0.25, 0.3) is 0 Å². The van der Waals surface area contributed by atoms with Crippen LogP contribution in [0.1, 0.15) is 36.7 Å². The van der Waals surface area contributed by atoms with Crippen LogP contribution >= 0.6 is 0 Å². The van der Waals surface area contributed by atoms with Gasteiger partial charge < -0.3 is 10.0 Å². The summed E-state index contributed by atoms with van der Waals surface area (Å²) in [5.74, 6) is 5.39. The molecule has 1 amide bonds. The van der Waals surface area contributed by atoms with Gasteiger partial charge in [-0.15, -0.1) is 0 Å². The average Bonchev–Trinajstić information content (AvgIpc) is 2.34. The number of amides is 1. The quantitative estimate of drug-likeness (QED) is 0.827. The number of rotatable bonds is 2. The van der Waals surface area contributed by atoms with Crippen LogP contribution in [0.15, 0.2) is 24.3 Å². The van der Waals surface area contributed by atoms with Gasteiger partial charge in [0.05, 0.1) is 0 Å². The Morgan fingerprint density at radius 3 is 2.32 bits per heavy atom. The van der Waals surface area contributed by atoms with Crippen molar-refractivity contribution in [3.8, 4) is 11.8 Å². The lowest BCUT2D eigenvalue weighted by molar-refractivity contribution is 0.0745. The summed E-state index contributed by atoms with van der Waals surface area (Å²) < 4.78 is 0. The number of aliphatic hydroxyl groups excluding tert-OH is 1. The van der Waals surface area contributed by atoms with Crippen LogP contribution in [0, 0.1) is 17.3 Å². The highest BCUT2D eigenvalue weighted by molar-refractivity contribution is 5.94. The van der Waals surface area contributed by atoms with Gasteiger partial charge >= 0.3 is 0 Å². The fourth-order valence-electron chi connectivity index (χ4n) is 1.84. The van der Waals surface area contributed by atoms with Crippen molar-refractivity contribution in [2.45, 2.75) is 20.8 Å². The van der Waals surface area contributed by atoms with Crippen LogP contribution in [-0.4, -0.2) is 36.1 Å². The molecule has 1 aromatic carbocycles. The molecule has 0 spiro atoms. The van der Waals surface area contributed by atoms with E-state index in [9.17, 15) is 4.79 Å². The Kier molecular flexibility index (Phi) is 5.14. The van der Waals surface area contributed by atoms with Gasteiger partial charge in [-0.05, 0) is 29.7 Å². The molecule has 1 rings (SSSR count). The number of benzene rings is 1. The Balaban J connectivity index is 2.78. The zero-order chi connectivity index (χ0) is 14.5. The molecule has 1 aromatic rings. The first kappa shape index (κ1) is 15.3. The summed E-state index contributed by atoms with van der Waals surface area (Å²) in [6.45, 7) is 6.85. The van der Waals surface area contributed by atoms with Crippen molar-refractivity contribution in [2.75, 3.05) is 20.2 Å². The van der Waals surface area contributed by atoms with Gasteiger partial charge in [0.2, 0.25) is 0 Å². The third-order valence-electron chi connectivity index (χ3n) is 2.50. The molecular weight excluding hydrogens is 238 g/mol. The molecule has 1 N–H and O–H groups in total. The minimum atomic E-state index is -0.158. The summed E-state index contributed by atoms with van der Waals surface area (Å²) in [6.07, 6.45) is 0. The number of carbonyl (C=O) groups excluding carboxylic acids is 1. The van der Waals surface area contributed by atoms with Crippen LogP contribution in [0.3, 0.4) is 0 Å². The Labute approximate surface area is 115 Å². The van der Waals surface area contributed by atoms with Crippen LogP contribution in [0.5, 0.6) is 0 Å². The maximum atomic E-state index is 12.2. The molecule has 0 saturated carbocycles. The highest BCUT2D eigenvalue weighted by Gasteiger charge is 2.18. The fraction of sp³-hybridized carbons (Fsp3) is 0.438. The normalized spacial score (nSPS) is 10.6. The third-order valence-corrected chi connectivity index (χ3v) is 2.50. The SMILES string of the molecule is CN(CC(C)(C)C)C(=O)c1ccc(C#CCO)cc1. The zero-order valence-electron chi connectivity index (χ0n) is 12.0. The topological polar surface area (TPSA) is 40.5 Å². The van der Waals surface area contributed by atoms with E-state index in [2.05, 4.69) is 32.6 Å². The van der Waals surface area contributed by atoms with Gasteiger partial charge in [0.25, 0.3) is 5.91 Å². The largest absolute Gasteiger partial charge is 0.384 e. The van der Waals surface area contributed by atoms with Crippen LogP contribution in [-0.2, 0) is 0 Å². The first-order valence-electron chi connectivity index (χ1n) is 6.29. The fourth-order valence-corrected chi connectivity index (χ4v) is 1.84. The maximum absolute atomic E-state index is 12.2. The van der Waals surface area contributed by atoms with Gasteiger partial charge in [-0.25, -0.2) is 0 Å². The standard InChI is InChI=1S/C16H21NO2/c1-16(2,3)12-17(4)15(19)14-9-7-13(8-10-14)6-5-11-18/h7-10,18H,11-12H2,1-4H3. The van der Waals surface area contributed by atoms with Crippen LogP contribution in [0.4, 0.5) is 0 Å². The smallest absolute Gasteiger partial charge is 0.253 e. The average molecular weight is 259 g/mol. The predicted molar refractivity (Wildman–Crippen MR) is 76.8 cm³/mol. The molecule has 0 unspecified atom stereocenters. The summed E-state index contributed by atoms with van der Waals surface area (Å²) in [5.41, 5.74) is 1.53. The molecule has 0 radical (unpaired) electrons. The summed E-state index contributed by atoms with van der Waals surface area (Å²) in [4.78, 5) is 13.9. The molecule has 0 aliphatic heterocycles. The summed E-state index contributed by atoms with van der Waals surface area (Å²) in [6, 6.07) is 7.12. The van der Waals surface area contributed by atoms with Crippen molar-refractivity contribution in [3.63, 3.8) is 0 Å². The first-order chi connectivity index (χ1) is 8.83. The summed E-state index contributed by atoms with van der Waals surface area (Å²) >= 11 is 0. The molecule has 0 saturated heterocycles. The summed E-state index contributed by atoms with van der Waals surface area (Å²) in [7, 11) is 1.81. The lowest BCUT2D eigenvalue weighted by atomic mass is 9.96. The van der Waals surface area contributed by atoms with Gasteiger partial charge in [-0.1, -0.05) is 32.6 Å². The minimum Gasteiger partial charge on any atom is -0.384 e. The minimum absolute atomic E-state index is 0.0107. The van der Waals surface area contributed by atoms with Gasteiger partial charge in [0.15, 0.2) is 0 Å². The van der Waals surface area contributed by atoms with Crippen molar-refractivity contribution in [3.05, 3.63) is 35.4 Å². The maximum Gasteiger partial charge on any atom is 0.253 e. The van der Waals surface area contributed by atoms with E-state index in [0.717, 1.165) is 5.56 Å². The molecule has 19 heavy (non-hydrogen) atoms. The molecule has 102 valence electrons. The van der Waals surface area contributed by atoms with E-state index in [4.69, 9.17) is 5.11 Å². The van der Waals surface area contributed by atoms with Crippen LogP contribution in [0.2, 0.25) is 0 Å². The molecule has 0 fully saturated rings. The second-order valence-electron chi connectivity index (χ2n) is 5.76. The second kappa shape index (κ2) is 6.40. The van der Waals surface area contributed by atoms with Crippen molar-refractivity contribution in [1.29, 1.82) is 0 Å². The van der Waals surface area contributed by atoms with E-state index in [1.807, 2.05) is 7.05 Å². The van der Waals surface area contributed by atoms with Crippen LogP contribution < -0.4 is 0 Å². The van der Waals surface area contributed by atoms with E-state index in [0.29, 0.717) is 12.1 Å². The molecule has 0 aliphatic rings. The molecule has 0 aliphatic carbocycles. The molecule has 3 heteroatoms. The number of aliphatic hydroxyl groups is 1. The van der Waals surface area contributed by atoms with E-state index in [-0.39, 0.29) is 17.9 Å².